The molecule has 4 nitrogen and oxygen atoms in total. The van der Waals surface area contributed by atoms with Crippen molar-refractivity contribution < 1.29 is 14.3 Å². The van der Waals surface area contributed by atoms with Crippen LogP contribution < -0.4 is 9.47 Å². The summed E-state index contributed by atoms with van der Waals surface area (Å²) in [5, 5.41) is 1.11. The molecule has 0 fully saturated rings. The molecular formula is C20H19NO3. The molecule has 0 saturated heterocycles. The number of aromatic nitrogens is 1. The predicted molar refractivity (Wildman–Crippen MR) is 95.8 cm³/mol. The Morgan fingerprint density at radius 2 is 1.67 bits per heavy atom. The molecule has 0 N–H and O–H groups in total. The SMILES string of the molecule is COc1cccc(OC)c1C(=O)/C=C/c1cn(C)c2ccccc12. The molecule has 2 aromatic carbocycles. The zero-order valence-electron chi connectivity index (χ0n) is 13.9. The van der Waals surface area contributed by atoms with E-state index in [1.807, 2.05) is 42.1 Å². The Kier molecular flexibility index (Phi) is 4.38. The lowest BCUT2D eigenvalue weighted by molar-refractivity contribution is 0.104. The highest BCUT2D eigenvalue weighted by atomic mass is 16.5. The van der Waals surface area contributed by atoms with Crippen molar-refractivity contribution in [2.24, 2.45) is 7.05 Å². The first-order valence-electron chi connectivity index (χ1n) is 7.63. The molecular weight excluding hydrogens is 302 g/mol. The van der Waals surface area contributed by atoms with Crippen LogP contribution in [-0.4, -0.2) is 24.6 Å². The minimum atomic E-state index is -0.155. The number of hydrogen-bond acceptors (Lipinski definition) is 3. The van der Waals surface area contributed by atoms with Gasteiger partial charge in [0.1, 0.15) is 17.1 Å². The number of methoxy groups -OCH3 is 2. The minimum Gasteiger partial charge on any atom is -0.496 e. The Labute approximate surface area is 140 Å². The molecule has 0 aliphatic carbocycles. The van der Waals surface area contributed by atoms with Crippen LogP contribution in [0.5, 0.6) is 11.5 Å². The molecule has 3 rings (SSSR count). The van der Waals surface area contributed by atoms with E-state index in [4.69, 9.17) is 9.47 Å². The maximum absolute atomic E-state index is 12.7. The molecule has 0 unspecified atom stereocenters. The zero-order valence-corrected chi connectivity index (χ0v) is 13.9. The Bertz CT molecular complexity index is 900. The third-order valence-corrected chi connectivity index (χ3v) is 4.02. The molecule has 0 aliphatic heterocycles. The summed E-state index contributed by atoms with van der Waals surface area (Å²) >= 11 is 0. The summed E-state index contributed by atoms with van der Waals surface area (Å²) < 4.78 is 12.6. The van der Waals surface area contributed by atoms with Crippen LogP contribution in [0.2, 0.25) is 0 Å². The summed E-state index contributed by atoms with van der Waals surface area (Å²) in [5.74, 6) is 0.848. The monoisotopic (exact) mass is 321 g/mol. The van der Waals surface area contributed by atoms with Crippen LogP contribution in [0, 0.1) is 0 Å². The van der Waals surface area contributed by atoms with Crippen molar-refractivity contribution in [3.05, 3.63) is 65.9 Å². The number of rotatable bonds is 5. The Morgan fingerprint density at radius 3 is 2.33 bits per heavy atom. The maximum Gasteiger partial charge on any atom is 0.193 e. The summed E-state index contributed by atoms with van der Waals surface area (Å²) in [6.07, 6.45) is 5.40. The van der Waals surface area contributed by atoms with Gasteiger partial charge in [-0.25, -0.2) is 0 Å². The molecule has 0 bridgehead atoms. The summed E-state index contributed by atoms with van der Waals surface area (Å²) in [6.45, 7) is 0. The standard InChI is InChI=1S/C20H19NO3/c1-21-13-14(15-7-4-5-8-16(15)21)11-12-17(22)20-18(23-2)9-6-10-19(20)24-3/h4-13H,1-3H3/b12-11+. The lowest BCUT2D eigenvalue weighted by Gasteiger charge is -2.10. The largest absolute Gasteiger partial charge is 0.496 e. The van der Waals surface area contributed by atoms with Gasteiger partial charge < -0.3 is 14.0 Å². The molecule has 3 aromatic rings. The summed E-state index contributed by atoms with van der Waals surface area (Å²) in [4.78, 5) is 12.7. The quantitative estimate of drug-likeness (QED) is 0.525. The molecule has 0 saturated carbocycles. The van der Waals surface area contributed by atoms with Crippen LogP contribution in [0.3, 0.4) is 0 Å². The van der Waals surface area contributed by atoms with Crippen molar-refractivity contribution in [1.82, 2.24) is 4.57 Å². The number of ether oxygens (including phenoxy) is 2. The number of aryl methyl sites for hydroxylation is 1. The van der Waals surface area contributed by atoms with E-state index in [0.29, 0.717) is 17.1 Å². The topological polar surface area (TPSA) is 40.5 Å². The van der Waals surface area contributed by atoms with Gasteiger partial charge in [-0.15, -0.1) is 0 Å². The third kappa shape index (κ3) is 2.78. The van der Waals surface area contributed by atoms with E-state index in [2.05, 4.69) is 6.07 Å². The number of hydrogen-bond donors (Lipinski definition) is 0. The van der Waals surface area contributed by atoms with E-state index in [-0.39, 0.29) is 5.78 Å². The maximum atomic E-state index is 12.7. The number of ketones is 1. The summed E-state index contributed by atoms with van der Waals surface area (Å²) in [7, 11) is 5.07. The van der Waals surface area contributed by atoms with Gasteiger partial charge in [0.15, 0.2) is 5.78 Å². The average molecular weight is 321 g/mol. The van der Waals surface area contributed by atoms with Crippen molar-refractivity contribution in [1.29, 1.82) is 0 Å². The molecule has 0 amide bonds. The number of para-hydroxylation sites is 1. The smallest absolute Gasteiger partial charge is 0.193 e. The minimum absolute atomic E-state index is 0.155. The van der Waals surface area contributed by atoms with Gasteiger partial charge in [0, 0.05) is 29.7 Å². The fourth-order valence-corrected chi connectivity index (χ4v) is 2.85. The normalized spacial score (nSPS) is 11.1. The van der Waals surface area contributed by atoms with Gasteiger partial charge in [-0.2, -0.15) is 0 Å². The molecule has 1 heterocycles. The van der Waals surface area contributed by atoms with Crippen molar-refractivity contribution in [3.63, 3.8) is 0 Å². The Balaban J connectivity index is 1.99. The van der Waals surface area contributed by atoms with Crippen LogP contribution in [0.15, 0.2) is 54.7 Å². The van der Waals surface area contributed by atoms with Gasteiger partial charge in [-0.3, -0.25) is 4.79 Å². The van der Waals surface area contributed by atoms with Gasteiger partial charge in [0.25, 0.3) is 0 Å². The first-order valence-corrected chi connectivity index (χ1v) is 7.63. The van der Waals surface area contributed by atoms with E-state index in [1.54, 1.807) is 38.5 Å². The van der Waals surface area contributed by atoms with E-state index in [1.165, 1.54) is 0 Å². The molecule has 0 atom stereocenters. The molecule has 24 heavy (non-hydrogen) atoms. The molecule has 0 aliphatic rings. The molecule has 0 spiro atoms. The number of carbonyl (C=O) groups excluding carboxylic acids is 1. The first kappa shape index (κ1) is 15.9. The van der Waals surface area contributed by atoms with E-state index >= 15 is 0 Å². The van der Waals surface area contributed by atoms with Crippen LogP contribution >= 0.6 is 0 Å². The molecule has 122 valence electrons. The predicted octanol–water partition coefficient (Wildman–Crippen LogP) is 4.09. The highest BCUT2D eigenvalue weighted by Crippen LogP contribution is 2.29. The van der Waals surface area contributed by atoms with Crippen molar-refractivity contribution >= 4 is 22.8 Å². The fourth-order valence-electron chi connectivity index (χ4n) is 2.85. The van der Waals surface area contributed by atoms with Gasteiger partial charge in [0.05, 0.1) is 14.2 Å². The lowest BCUT2D eigenvalue weighted by Crippen LogP contribution is -2.02. The highest BCUT2D eigenvalue weighted by molar-refractivity contribution is 6.11. The number of fused-ring (bicyclic) bond motifs is 1. The zero-order chi connectivity index (χ0) is 17.1. The van der Waals surface area contributed by atoms with Crippen molar-refractivity contribution in [2.45, 2.75) is 0 Å². The van der Waals surface area contributed by atoms with Crippen LogP contribution in [0.25, 0.3) is 17.0 Å². The summed E-state index contributed by atoms with van der Waals surface area (Å²) in [5.41, 5.74) is 2.55. The highest BCUT2D eigenvalue weighted by Gasteiger charge is 2.16. The van der Waals surface area contributed by atoms with Gasteiger partial charge >= 0.3 is 0 Å². The number of carbonyl (C=O) groups is 1. The second kappa shape index (κ2) is 6.62. The second-order valence-electron chi connectivity index (χ2n) is 5.45. The number of allylic oxidation sites excluding steroid dienone is 1. The van der Waals surface area contributed by atoms with E-state index < -0.39 is 0 Å². The fraction of sp³-hybridized carbons (Fsp3) is 0.150. The second-order valence-corrected chi connectivity index (χ2v) is 5.45. The number of nitrogens with zero attached hydrogens (tertiary/aromatic N) is 1. The van der Waals surface area contributed by atoms with Crippen molar-refractivity contribution in [3.8, 4) is 11.5 Å². The van der Waals surface area contributed by atoms with Gasteiger partial charge in [-0.05, 0) is 30.4 Å². The van der Waals surface area contributed by atoms with Crippen LogP contribution in [-0.2, 0) is 7.05 Å². The molecule has 1 aromatic heterocycles. The Hall–Kier alpha value is -3.01. The van der Waals surface area contributed by atoms with Crippen LogP contribution in [0.1, 0.15) is 15.9 Å². The van der Waals surface area contributed by atoms with E-state index in [9.17, 15) is 4.79 Å². The Morgan fingerprint density at radius 1 is 1.00 bits per heavy atom. The lowest BCUT2D eigenvalue weighted by atomic mass is 10.1. The third-order valence-electron chi connectivity index (χ3n) is 4.02. The first-order chi connectivity index (χ1) is 11.7. The van der Waals surface area contributed by atoms with E-state index in [0.717, 1.165) is 16.5 Å². The summed E-state index contributed by atoms with van der Waals surface area (Å²) in [6, 6.07) is 13.4. The average Bonchev–Trinajstić information content (AvgIpc) is 2.95. The molecule has 0 radical (unpaired) electrons. The van der Waals surface area contributed by atoms with Crippen LogP contribution in [0.4, 0.5) is 0 Å². The van der Waals surface area contributed by atoms with Gasteiger partial charge in [0.2, 0.25) is 0 Å². The van der Waals surface area contributed by atoms with Crippen molar-refractivity contribution in [2.75, 3.05) is 14.2 Å². The van der Waals surface area contributed by atoms with Gasteiger partial charge in [-0.1, -0.05) is 24.3 Å². The number of benzene rings is 2. The molecule has 4 heteroatoms.